The fraction of sp³-hybridized carbons (Fsp3) is 0.0769. The molecule has 68 heavy (non-hydrogen) atoms. The molecule has 0 radical (unpaired) electrons. The predicted octanol–water partition coefficient (Wildman–Crippen LogP) is 13.7. The third-order valence-electron chi connectivity index (χ3n) is 11.2. The first kappa shape index (κ1) is 43.8. The molecule has 0 saturated heterocycles. The Morgan fingerprint density at radius 2 is 0.412 bits per heavy atom. The van der Waals surface area contributed by atoms with Gasteiger partial charge in [-0.3, -0.25) is 0 Å². The first-order valence-electron chi connectivity index (χ1n) is 21.1. The van der Waals surface area contributed by atoms with E-state index in [0.717, 1.165) is 0 Å². The van der Waals surface area contributed by atoms with Crippen molar-refractivity contribution in [1.29, 1.82) is 0 Å². The van der Waals surface area contributed by atoms with Gasteiger partial charge in [0.1, 0.15) is 68.7 Å². The highest BCUT2D eigenvalue weighted by molar-refractivity contribution is 5.65. The van der Waals surface area contributed by atoms with E-state index in [1.165, 1.54) is 24.3 Å². The van der Waals surface area contributed by atoms with Gasteiger partial charge in [-0.2, -0.15) is 20.5 Å². The monoisotopic (exact) mass is 904 g/mol. The lowest BCUT2D eigenvalue weighted by Gasteiger charge is -2.18. The smallest absolute Gasteiger partial charge is 0.143 e. The Labute approximate surface area is 387 Å². The second-order valence-corrected chi connectivity index (χ2v) is 15.9. The van der Waals surface area contributed by atoms with Crippen molar-refractivity contribution in [3.05, 3.63) is 190 Å². The highest BCUT2D eigenvalue weighted by Crippen LogP contribution is 2.44. The van der Waals surface area contributed by atoms with E-state index < -0.39 is 0 Å². The van der Waals surface area contributed by atoms with Crippen LogP contribution in [0, 0.1) is 0 Å². The molecule has 336 valence electrons. The van der Waals surface area contributed by atoms with Crippen LogP contribution >= 0.6 is 0 Å². The first-order chi connectivity index (χ1) is 32.9. The molecule has 8 bridgehead atoms. The van der Waals surface area contributed by atoms with Crippen LogP contribution < -0.4 is 0 Å². The van der Waals surface area contributed by atoms with E-state index in [2.05, 4.69) is 40.9 Å². The van der Waals surface area contributed by atoms with Gasteiger partial charge >= 0.3 is 0 Å². The summed E-state index contributed by atoms with van der Waals surface area (Å²) in [4.78, 5) is 0. The molecule has 0 spiro atoms. The lowest BCUT2D eigenvalue weighted by atomic mass is 9.90. The van der Waals surface area contributed by atoms with E-state index in [9.17, 15) is 40.9 Å². The van der Waals surface area contributed by atoms with Crippen LogP contribution in [0.15, 0.2) is 187 Å². The number of azo groups is 4. The van der Waals surface area contributed by atoms with Gasteiger partial charge in [0.2, 0.25) is 0 Å². The van der Waals surface area contributed by atoms with Gasteiger partial charge < -0.3 is 40.9 Å². The van der Waals surface area contributed by atoms with E-state index in [1.54, 1.807) is 121 Å². The SMILES string of the molecule is Oc1ccccc1N=Nc1cc2c(O)c(c1)Cc1cc(N=Nc3ccccc3O)cc(c1O)Cc1cc(N=Nc3ccccc3O)cc(c1O)Cc1cc(N=Nc3ccccc3O)cc(c1O)C2. The van der Waals surface area contributed by atoms with E-state index in [1.807, 2.05) is 0 Å². The van der Waals surface area contributed by atoms with Gasteiger partial charge in [0.15, 0.2) is 0 Å². The van der Waals surface area contributed by atoms with Gasteiger partial charge in [-0.25, -0.2) is 0 Å². The van der Waals surface area contributed by atoms with Crippen molar-refractivity contribution in [3.8, 4) is 46.0 Å². The number of benzene rings is 8. The molecule has 1 aliphatic carbocycles. The zero-order valence-electron chi connectivity index (χ0n) is 35.8. The lowest BCUT2D eigenvalue weighted by Crippen LogP contribution is -2.01. The average molecular weight is 905 g/mol. The number of fused-ring (bicyclic) bond motifs is 8. The van der Waals surface area contributed by atoms with E-state index in [-0.39, 0.29) is 117 Å². The average Bonchev–Trinajstić information content (AvgIpc) is 3.33. The van der Waals surface area contributed by atoms with E-state index >= 15 is 0 Å². The molecule has 8 aromatic carbocycles. The van der Waals surface area contributed by atoms with Gasteiger partial charge in [-0.05, 0) is 97.1 Å². The number of nitrogens with zero attached hydrogens (tertiary/aromatic N) is 8. The third kappa shape index (κ3) is 9.64. The van der Waals surface area contributed by atoms with Crippen molar-refractivity contribution >= 4 is 45.5 Å². The van der Waals surface area contributed by atoms with Crippen molar-refractivity contribution in [2.45, 2.75) is 25.7 Å². The van der Waals surface area contributed by atoms with Crippen LogP contribution in [0.4, 0.5) is 45.5 Å². The van der Waals surface area contributed by atoms with Crippen LogP contribution in [0.2, 0.25) is 0 Å². The maximum absolute atomic E-state index is 12.1. The summed E-state index contributed by atoms with van der Waals surface area (Å²) in [6, 6.07) is 38.3. The summed E-state index contributed by atoms with van der Waals surface area (Å²) in [5, 5.41) is 125. The maximum atomic E-state index is 12.1. The van der Waals surface area contributed by atoms with Crippen molar-refractivity contribution in [1.82, 2.24) is 0 Å². The maximum Gasteiger partial charge on any atom is 0.143 e. The molecule has 0 fully saturated rings. The Kier molecular flexibility index (Phi) is 12.2. The van der Waals surface area contributed by atoms with Crippen LogP contribution in [0.1, 0.15) is 44.5 Å². The number of rotatable bonds is 8. The Bertz CT molecular complexity index is 2830. The normalized spacial score (nSPS) is 12.7. The predicted molar refractivity (Wildman–Crippen MR) is 253 cm³/mol. The molecule has 16 heteroatoms. The molecule has 0 heterocycles. The zero-order valence-corrected chi connectivity index (χ0v) is 35.8. The molecule has 0 aromatic heterocycles. The van der Waals surface area contributed by atoms with Crippen molar-refractivity contribution < 1.29 is 40.9 Å². The summed E-state index contributed by atoms with van der Waals surface area (Å²) in [6.45, 7) is 0. The minimum Gasteiger partial charge on any atom is -0.507 e. The van der Waals surface area contributed by atoms with Gasteiger partial charge in [0.05, 0.1) is 22.7 Å². The second kappa shape index (κ2) is 19.0. The number of hydrogen-bond donors (Lipinski definition) is 8. The van der Waals surface area contributed by atoms with E-state index in [0.29, 0.717) is 44.5 Å². The number of para-hydroxylation sites is 4. The highest BCUT2D eigenvalue weighted by atomic mass is 16.3. The minimum atomic E-state index is -0.176. The van der Waals surface area contributed by atoms with Gasteiger partial charge in [-0.1, -0.05) is 48.5 Å². The molecule has 16 nitrogen and oxygen atoms in total. The molecule has 9 rings (SSSR count). The third-order valence-corrected chi connectivity index (χ3v) is 11.2. The van der Waals surface area contributed by atoms with E-state index in [4.69, 9.17) is 0 Å². The van der Waals surface area contributed by atoms with Crippen LogP contribution in [-0.4, -0.2) is 40.9 Å². The van der Waals surface area contributed by atoms with Gasteiger partial charge in [0.25, 0.3) is 0 Å². The molecule has 0 aliphatic heterocycles. The van der Waals surface area contributed by atoms with Crippen LogP contribution in [-0.2, 0) is 25.7 Å². The summed E-state index contributed by atoms with van der Waals surface area (Å²) in [5.41, 5.74) is 4.23. The number of aromatic hydroxyl groups is 8. The topological polar surface area (TPSA) is 261 Å². The summed E-state index contributed by atoms with van der Waals surface area (Å²) >= 11 is 0. The summed E-state index contributed by atoms with van der Waals surface area (Å²) in [5.74, 6) is -1.10. The fourth-order valence-corrected chi connectivity index (χ4v) is 7.74. The number of hydrogen-bond acceptors (Lipinski definition) is 16. The summed E-state index contributed by atoms with van der Waals surface area (Å²) in [6.07, 6.45) is -0.406. The molecular formula is C52H40N8O8. The first-order valence-corrected chi connectivity index (χ1v) is 21.1. The Morgan fingerprint density at radius 1 is 0.235 bits per heavy atom. The molecule has 0 saturated carbocycles. The summed E-state index contributed by atoms with van der Waals surface area (Å²) in [7, 11) is 0. The van der Waals surface area contributed by atoms with Gasteiger partial charge in [-0.15, -0.1) is 20.5 Å². The van der Waals surface area contributed by atoms with Crippen molar-refractivity contribution in [2.24, 2.45) is 40.9 Å². The molecule has 0 atom stereocenters. The fourth-order valence-electron chi connectivity index (χ4n) is 7.74. The number of phenolic OH excluding ortho intramolecular Hbond substituents is 8. The molecule has 8 aromatic rings. The molecule has 0 unspecified atom stereocenters. The standard InChI is InChI=1S/C52H40N8O8/c61-45-13-5-1-9-41(45)57-53-37-21-29-17-31-23-38(54-58-42-10-2-6-14-46(42)62)25-33(50(31)66)19-35-27-40(56-60-44-12-4-8-16-48(44)64)28-36(52(35)68)20-34-26-39(55-59-43-11-3-7-15-47(43)63)24-32(51(34)67)18-30(22-37)49(29)65/h1-16,21-28,61-68H,17-20H2. The van der Waals surface area contributed by atoms with Crippen molar-refractivity contribution in [2.75, 3.05) is 0 Å². The molecular weight excluding hydrogens is 865 g/mol. The van der Waals surface area contributed by atoms with Crippen LogP contribution in [0.5, 0.6) is 46.0 Å². The Hall–Kier alpha value is -9.44. The minimum absolute atomic E-state index is 0.0991. The molecule has 0 amide bonds. The number of phenols is 8. The zero-order chi connectivity index (χ0) is 47.3. The van der Waals surface area contributed by atoms with Crippen LogP contribution in [0.3, 0.4) is 0 Å². The Balaban J connectivity index is 1.26. The molecule has 1 aliphatic rings. The second-order valence-electron chi connectivity index (χ2n) is 15.9. The molecule has 8 N–H and O–H groups in total. The quantitative estimate of drug-likeness (QED) is 0.0678. The largest absolute Gasteiger partial charge is 0.507 e. The van der Waals surface area contributed by atoms with Crippen LogP contribution in [0.25, 0.3) is 0 Å². The highest BCUT2D eigenvalue weighted by Gasteiger charge is 2.22. The van der Waals surface area contributed by atoms with Gasteiger partial charge in [0, 0.05) is 70.2 Å². The van der Waals surface area contributed by atoms with Crippen molar-refractivity contribution in [3.63, 3.8) is 0 Å². The lowest BCUT2D eigenvalue weighted by molar-refractivity contribution is 0.450. The Morgan fingerprint density at radius 3 is 0.588 bits per heavy atom. The summed E-state index contributed by atoms with van der Waals surface area (Å²) < 4.78 is 0.